The Balaban J connectivity index is 1.51. The first kappa shape index (κ1) is 15.6. The number of nitrogens with zero attached hydrogens (tertiary/aromatic N) is 5. The zero-order chi connectivity index (χ0) is 17.4. The first-order valence-electron chi connectivity index (χ1n) is 8.31. The number of ether oxygens (including phenoxy) is 1. The van der Waals surface area contributed by atoms with E-state index in [1.165, 1.54) is 6.33 Å². The molecule has 1 atom stereocenters. The number of carbonyl (C=O) groups is 2. The summed E-state index contributed by atoms with van der Waals surface area (Å²) in [7, 11) is 1.60. The average Bonchev–Trinajstić information content (AvgIpc) is 3.27. The van der Waals surface area contributed by atoms with Crippen LogP contribution in [0.3, 0.4) is 0 Å². The molecule has 1 aromatic heterocycles. The highest BCUT2D eigenvalue weighted by molar-refractivity contribution is 6.04. The summed E-state index contributed by atoms with van der Waals surface area (Å²) in [5.74, 6) is 0.848. The fraction of sp³-hybridized carbons (Fsp3) is 0.412. The van der Waals surface area contributed by atoms with E-state index in [9.17, 15) is 9.59 Å². The van der Waals surface area contributed by atoms with Gasteiger partial charge in [0.05, 0.1) is 13.0 Å². The molecule has 130 valence electrons. The molecule has 2 aliphatic rings. The van der Waals surface area contributed by atoms with E-state index in [0.29, 0.717) is 19.0 Å². The van der Waals surface area contributed by atoms with E-state index in [1.54, 1.807) is 21.6 Å². The maximum Gasteiger partial charge on any atom is 0.234 e. The number of benzene rings is 1. The molecule has 1 saturated heterocycles. The molecule has 0 spiro atoms. The first-order chi connectivity index (χ1) is 12.2. The number of aromatic nitrogens is 3. The molecule has 1 fully saturated rings. The number of fused-ring (bicyclic) bond motifs is 1. The number of aryl methyl sites for hydroxylation is 1. The van der Waals surface area contributed by atoms with E-state index in [1.807, 2.05) is 24.3 Å². The Kier molecular flexibility index (Phi) is 3.87. The summed E-state index contributed by atoms with van der Waals surface area (Å²) in [4.78, 5) is 32.9. The predicted octanol–water partition coefficient (Wildman–Crippen LogP) is 1.08. The molecule has 3 heterocycles. The van der Waals surface area contributed by atoms with Crippen molar-refractivity contribution in [3.05, 3.63) is 30.6 Å². The van der Waals surface area contributed by atoms with Gasteiger partial charge in [0, 0.05) is 31.7 Å². The van der Waals surface area contributed by atoms with Crippen LogP contribution in [0, 0.1) is 5.92 Å². The fourth-order valence-electron chi connectivity index (χ4n) is 3.42. The van der Waals surface area contributed by atoms with Gasteiger partial charge in [-0.05, 0) is 30.7 Å². The topological polar surface area (TPSA) is 80.6 Å². The van der Waals surface area contributed by atoms with Crippen LogP contribution in [0.1, 0.15) is 12.8 Å². The number of hydrogen-bond donors (Lipinski definition) is 0. The van der Waals surface area contributed by atoms with Gasteiger partial charge in [-0.2, -0.15) is 10.1 Å². The van der Waals surface area contributed by atoms with E-state index in [4.69, 9.17) is 4.74 Å². The SMILES string of the molecule is COc1ccc(N2C[C@H](C(=O)N3CCCn4ncnc43)CC2=O)cc1. The van der Waals surface area contributed by atoms with E-state index in [0.717, 1.165) is 24.4 Å². The lowest BCUT2D eigenvalue weighted by molar-refractivity contribution is -0.124. The van der Waals surface area contributed by atoms with Crippen LogP contribution in [0.5, 0.6) is 5.75 Å². The zero-order valence-corrected chi connectivity index (χ0v) is 14.0. The molecule has 0 saturated carbocycles. The molecule has 2 aliphatic heterocycles. The van der Waals surface area contributed by atoms with Crippen LogP contribution in [0.15, 0.2) is 30.6 Å². The molecule has 1 aromatic carbocycles. The standard InChI is InChI=1S/C17H19N5O3/c1-25-14-5-3-13(4-6-14)21-10-12(9-15(21)23)16(24)20-7-2-8-22-17(20)18-11-19-22/h3-6,11-12H,2,7-10H2,1H3/t12-/m1/s1. The smallest absolute Gasteiger partial charge is 0.234 e. The lowest BCUT2D eigenvalue weighted by Gasteiger charge is -2.28. The number of carbonyl (C=O) groups excluding carboxylic acids is 2. The Bertz CT molecular complexity index is 801. The molecule has 2 aromatic rings. The summed E-state index contributed by atoms with van der Waals surface area (Å²) in [6.45, 7) is 1.76. The van der Waals surface area contributed by atoms with Gasteiger partial charge in [0.25, 0.3) is 0 Å². The molecule has 0 bridgehead atoms. The normalized spacial score (nSPS) is 19.9. The van der Waals surface area contributed by atoms with Crippen molar-refractivity contribution in [3.8, 4) is 5.75 Å². The van der Waals surface area contributed by atoms with Gasteiger partial charge in [0.1, 0.15) is 12.1 Å². The molecule has 2 amide bonds. The van der Waals surface area contributed by atoms with Crippen molar-refractivity contribution >= 4 is 23.5 Å². The lowest BCUT2D eigenvalue weighted by atomic mass is 10.1. The van der Waals surface area contributed by atoms with Crippen LogP contribution in [-0.2, 0) is 16.1 Å². The highest BCUT2D eigenvalue weighted by Crippen LogP contribution is 2.29. The van der Waals surface area contributed by atoms with Crippen molar-refractivity contribution in [2.45, 2.75) is 19.4 Å². The minimum Gasteiger partial charge on any atom is -0.497 e. The molecule has 8 heteroatoms. The highest BCUT2D eigenvalue weighted by atomic mass is 16.5. The Hall–Kier alpha value is -2.90. The zero-order valence-electron chi connectivity index (χ0n) is 14.0. The van der Waals surface area contributed by atoms with Gasteiger partial charge in [-0.15, -0.1) is 0 Å². The summed E-state index contributed by atoms with van der Waals surface area (Å²) < 4.78 is 6.88. The van der Waals surface area contributed by atoms with Crippen LogP contribution in [0.2, 0.25) is 0 Å². The molecule has 0 N–H and O–H groups in total. The number of anilines is 2. The Morgan fingerprint density at radius 3 is 2.80 bits per heavy atom. The Labute approximate surface area is 145 Å². The summed E-state index contributed by atoms with van der Waals surface area (Å²) in [5, 5.41) is 4.13. The van der Waals surface area contributed by atoms with E-state index >= 15 is 0 Å². The highest BCUT2D eigenvalue weighted by Gasteiger charge is 2.39. The molecule has 0 aliphatic carbocycles. The van der Waals surface area contributed by atoms with Gasteiger partial charge in [0.15, 0.2) is 0 Å². The molecule has 4 rings (SSSR count). The summed E-state index contributed by atoms with van der Waals surface area (Å²) >= 11 is 0. The van der Waals surface area contributed by atoms with Crippen LogP contribution in [-0.4, -0.2) is 46.8 Å². The predicted molar refractivity (Wildman–Crippen MR) is 90.4 cm³/mol. The number of rotatable bonds is 3. The number of amides is 2. The Morgan fingerprint density at radius 2 is 2.04 bits per heavy atom. The van der Waals surface area contributed by atoms with Crippen molar-refractivity contribution in [1.29, 1.82) is 0 Å². The summed E-state index contributed by atoms with van der Waals surface area (Å²) in [6.07, 6.45) is 2.52. The van der Waals surface area contributed by atoms with Crippen molar-refractivity contribution in [1.82, 2.24) is 14.8 Å². The molecule has 0 radical (unpaired) electrons. The van der Waals surface area contributed by atoms with Gasteiger partial charge in [0.2, 0.25) is 17.8 Å². The average molecular weight is 341 g/mol. The summed E-state index contributed by atoms with van der Waals surface area (Å²) in [5.41, 5.74) is 0.780. The monoisotopic (exact) mass is 341 g/mol. The third kappa shape index (κ3) is 2.73. The van der Waals surface area contributed by atoms with Crippen LogP contribution < -0.4 is 14.5 Å². The van der Waals surface area contributed by atoms with Crippen molar-refractivity contribution in [2.24, 2.45) is 5.92 Å². The third-order valence-electron chi connectivity index (χ3n) is 4.71. The maximum atomic E-state index is 12.9. The van der Waals surface area contributed by atoms with Crippen LogP contribution in [0.25, 0.3) is 0 Å². The quantitative estimate of drug-likeness (QED) is 0.834. The molecule has 8 nitrogen and oxygen atoms in total. The van der Waals surface area contributed by atoms with Gasteiger partial charge < -0.3 is 9.64 Å². The van der Waals surface area contributed by atoms with Gasteiger partial charge >= 0.3 is 0 Å². The van der Waals surface area contributed by atoms with Gasteiger partial charge in [-0.3, -0.25) is 14.5 Å². The minimum absolute atomic E-state index is 0.0398. The Morgan fingerprint density at radius 1 is 1.24 bits per heavy atom. The third-order valence-corrected chi connectivity index (χ3v) is 4.71. The molecular weight excluding hydrogens is 322 g/mol. The minimum atomic E-state index is -0.363. The maximum absolute atomic E-state index is 12.9. The van der Waals surface area contributed by atoms with Gasteiger partial charge in [-0.1, -0.05) is 0 Å². The first-order valence-corrected chi connectivity index (χ1v) is 8.31. The van der Waals surface area contributed by atoms with E-state index in [-0.39, 0.29) is 24.2 Å². The van der Waals surface area contributed by atoms with Crippen molar-refractivity contribution < 1.29 is 14.3 Å². The molecule has 0 unspecified atom stereocenters. The van der Waals surface area contributed by atoms with Crippen LogP contribution >= 0.6 is 0 Å². The lowest BCUT2D eigenvalue weighted by Crippen LogP contribution is -2.42. The second kappa shape index (κ2) is 6.19. The second-order valence-electron chi connectivity index (χ2n) is 6.23. The van der Waals surface area contributed by atoms with E-state index < -0.39 is 0 Å². The van der Waals surface area contributed by atoms with Crippen molar-refractivity contribution in [3.63, 3.8) is 0 Å². The summed E-state index contributed by atoms with van der Waals surface area (Å²) in [6, 6.07) is 7.29. The fourth-order valence-corrected chi connectivity index (χ4v) is 3.42. The number of methoxy groups -OCH3 is 1. The molecule has 25 heavy (non-hydrogen) atoms. The molecular formula is C17H19N5O3. The van der Waals surface area contributed by atoms with E-state index in [2.05, 4.69) is 10.1 Å². The van der Waals surface area contributed by atoms with Gasteiger partial charge in [-0.25, -0.2) is 4.68 Å². The van der Waals surface area contributed by atoms with Crippen LogP contribution in [0.4, 0.5) is 11.6 Å². The second-order valence-corrected chi connectivity index (χ2v) is 6.23. The number of hydrogen-bond acceptors (Lipinski definition) is 5. The largest absolute Gasteiger partial charge is 0.497 e. The van der Waals surface area contributed by atoms with Crippen molar-refractivity contribution in [2.75, 3.05) is 30.0 Å².